The van der Waals surface area contributed by atoms with E-state index in [-0.39, 0.29) is 4.83 Å². The van der Waals surface area contributed by atoms with E-state index in [2.05, 4.69) is 50.2 Å². The van der Waals surface area contributed by atoms with E-state index in [1.165, 1.54) is 0 Å². The van der Waals surface area contributed by atoms with E-state index in [0.717, 1.165) is 25.0 Å². The predicted molar refractivity (Wildman–Crippen MR) is 69.4 cm³/mol. The maximum absolute atomic E-state index is 5.12. The van der Waals surface area contributed by atoms with Crippen molar-refractivity contribution in [2.75, 3.05) is 0 Å². The summed E-state index contributed by atoms with van der Waals surface area (Å²) >= 11 is 3.54. The van der Waals surface area contributed by atoms with Crippen LogP contribution in [-0.2, 0) is 13.0 Å². The van der Waals surface area contributed by atoms with Crippen molar-refractivity contribution in [3.8, 4) is 0 Å². The number of rotatable bonds is 6. The van der Waals surface area contributed by atoms with Crippen LogP contribution in [0.2, 0.25) is 0 Å². The molecular weight excluding hydrogens is 298 g/mol. The first-order chi connectivity index (χ1) is 8.72. The SMILES string of the molecule is CCCc1nc(Cn2cc(C(Br)CC)nn2)no1. The molecule has 2 heterocycles. The highest BCUT2D eigenvalue weighted by Gasteiger charge is 2.11. The van der Waals surface area contributed by atoms with E-state index in [4.69, 9.17) is 4.52 Å². The number of halogens is 1. The molecule has 0 aliphatic carbocycles. The Morgan fingerprint density at radius 1 is 1.44 bits per heavy atom. The fraction of sp³-hybridized carbons (Fsp3) is 0.636. The van der Waals surface area contributed by atoms with Crippen molar-refractivity contribution in [3.63, 3.8) is 0 Å². The average molecular weight is 314 g/mol. The molecule has 0 saturated carbocycles. The zero-order valence-electron chi connectivity index (χ0n) is 10.5. The van der Waals surface area contributed by atoms with Gasteiger partial charge in [0.05, 0.1) is 16.7 Å². The van der Waals surface area contributed by atoms with Crippen molar-refractivity contribution < 1.29 is 4.52 Å². The van der Waals surface area contributed by atoms with Gasteiger partial charge in [-0.1, -0.05) is 40.1 Å². The molecule has 0 aromatic carbocycles. The Balaban J connectivity index is 2.01. The van der Waals surface area contributed by atoms with Gasteiger partial charge < -0.3 is 4.52 Å². The summed E-state index contributed by atoms with van der Waals surface area (Å²) in [6.07, 6.45) is 4.69. The van der Waals surface area contributed by atoms with Crippen molar-refractivity contribution in [2.24, 2.45) is 0 Å². The Labute approximate surface area is 114 Å². The summed E-state index contributed by atoms with van der Waals surface area (Å²) in [6.45, 7) is 4.66. The minimum Gasteiger partial charge on any atom is -0.339 e. The molecule has 2 aromatic rings. The molecule has 0 spiro atoms. The molecule has 0 N–H and O–H groups in total. The third-order valence-corrected chi connectivity index (χ3v) is 3.63. The Morgan fingerprint density at radius 2 is 2.28 bits per heavy atom. The fourth-order valence-electron chi connectivity index (χ4n) is 1.56. The van der Waals surface area contributed by atoms with E-state index in [9.17, 15) is 0 Å². The van der Waals surface area contributed by atoms with E-state index in [0.29, 0.717) is 18.3 Å². The molecule has 18 heavy (non-hydrogen) atoms. The van der Waals surface area contributed by atoms with Crippen LogP contribution in [0.3, 0.4) is 0 Å². The van der Waals surface area contributed by atoms with Gasteiger partial charge in [0, 0.05) is 6.42 Å². The molecular formula is C11H16BrN5O. The van der Waals surface area contributed by atoms with Gasteiger partial charge >= 0.3 is 0 Å². The highest BCUT2D eigenvalue weighted by molar-refractivity contribution is 9.09. The summed E-state index contributed by atoms with van der Waals surface area (Å²) in [5.74, 6) is 1.32. The standard InChI is InChI=1S/C11H16BrN5O/c1-3-5-11-13-10(15-18-11)7-17-6-9(14-16-17)8(12)4-2/h6,8H,3-5,7H2,1-2H3. The Kier molecular flexibility index (Phi) is 4.46. The number of hydrogen-bond donors (Lipinski definition) is 0. The second-order valence-electron chi connectivity index (χ2n) is 4.07. The van der Waals surface area contributed by atoms with Crippen LogP contribution in [0.15, 0.2) is 10.7 Å². The third-order valence-electron chi connectivity index (χ3n) is 2.51. The second-order valence-corrected chi connectivity index (χ2v) is 5.18. The van der Waals surface area contributed by atoms with Crippen LogP contribution in [0, 0.1) is 0 Å². The van der Waals surface area contributed by atoms with Crippen LogP contribution in [0.5, 0.6) is 0 Å². The molecule has 2 aromatic heterocycles. The van der Waals surface area contributed by atoms with E-state index < -0.39 is 0 Å². The molecule has 7 heteroatoms. The third kappa shape index (κ3) is 3.16. The number of nitrogens with zero attached hydrogens (tertiary/aromatic N) is 5. The Hall–Kier alpha value is -1.24. The van der Waals surface area contributed by atoms with E-state index in [1.54, 1.807) is 4.68 Å². The lowest BCUT2D eigenvalue weighted by Crippen LogP contribution is -2.02. The largest absolute Gasteiger partial charge is 0.339 e. The van der Waals surface area contributed by atoms with Gasteiger partial charge in [-0.3, -0.25) is 0 Å². The Morgan fingerprint density at radius 3 is 3.00 bits per heavy atom. The van der Waals surface area contributed by atoms with E-state index in [1.807, 2.05) is 6.20 Å². The van der Waals surface area contributed by atoms with Gasteiger partial charge in [0.15, 0.2) is 5.82 Å². The Bertz CT molecular complexity index is 495. The normalized spacial score (nSPS) is 12.8. The van der Waals surface area contributed by atoms with Crippen molar-refractivity contribution in [1.29, 1.82) is 0 Å². The maximum Gasteiger partial charge on any atom is 0.226 e. The highest BCUT2D eigenvalue weighted by atomic mass is 79.9. The highest BCUT2D eigenvalue weighted by Crippen LogP contribution is 2.23. The van der Waals surface area contributed by atoms with Crippen LogP contribution in [0.25, 0.3) is 0 Å². The van der Waals surface area contributed by atoms with Gasteiger partial charge in [0.1, 0.15) is 6.54 Å². The van der Waals surface area contributed by atoms with Crippen molar-refractivity contribution >= 4 is 15.9 Å². The molecule has 98 valence electrons. The molecule has 0 fully saturated rings. The minimum absolute atomic E-state index is 0.243. The van der Waals surface area contributed by atoms with Crippen molar-refractivity contribution in [2.45, 2.75) is 44.5 Å². The molecule has 1 unspecified atom stereocenters. The minimum atomic E-state index is 0.243. The van der Waals surface area contributed by atoms with Crippen LogP contribution in [-0.4, -0.2) is 25.1 Å². The molecule has 0 amide bonds. The summed E-state index contributed by atoms with van der Waals surface area (Å²) in [5.41, 5.74) is 0.926. The zero-order valence-corrected chi connectivity index (χ0v) is 12.1. The smallest absolute Gasteiger partial charge is 0.226 e. The monoisotopic (exact) mass is 313 g/mol. The van der Waals surface area contributed by atoms with Crippen molar-refractivity contribution in [3.05, 3.63) is 23.6 Å². The first-order valence-electron chi connectivity index (χ1n) is 6.08. The molecule has 0 bridgehead atoms. The van der Waals surface area contributed by atoms with Gasteiger partial charge in [-0.2, -0.15) is 4.98 Å². The van der Waals surface area contributed by atoms with E-state index >= 15 is 0 Å². The first-order valence-corrected chi connectivity index (χ1v) is 7.00. The van der Waals surface area contributed by atoms with Crippen LogP contribution >= 0.6 is 15.9 Å². The summed E-state index contributed by atoms with van der Waals surface area (Å²) < 4.78 is 6.84. The van der Waals surface area contributed by atoms with Gasteiger partial charge in [0.25, 0.3) is 0 Å². The van der Waals surface area contributed by atoms with Gasteiger partial charge in [0.2, 0.25) is 5.89 Å². The number of hydrogen-bond acceptors (Lipinski definition) is 5. The lowest BCUT2D eigenvalue weighted by molar-refractivity contribution is 0.370. The van der Waals surface area contributed by atoms with Gasteiger partial charge in [-0.05, 0) is 12.8 Å². The van der Waals surface area contributed by atoms with Crippen molar-refractivity contribution in [1.82, 2.24) is 25.1 Å². The topological polar surface area (TPSA) is 69.6 Å². The lowest BCUT2D eigenvalue weighted by Gasteiger charge is -1.98. The maximum atomic E-state index is 5.12. The first kappa shape index (κ1) is 13.2. The van der Waals surface area contributed by atoms with Crippen LogP contribution in [0.4, 0.5) is 0 Å². The zero-order chi connectivity index (χ0) is 13.0. The lowest BCUT2D eigenvalue weighted by atomic mass is 10.3. The molecule has 0 saturated heterocycles. The number of aromatic nitrogens is 5. The molecule has 0 radical (unpaired) electrons. The fourth-order valence-corrected chi connectivity index (χ4v) is 1.77. The summed E-state index contributed by atoms with van der Waals surface area (Å²) in [6, 6.07) is 0. The summed E-state index contributed by atoms with van der Waals surface area (Å²) in [7, 11) is 0. The quantitative estimate of drug-likeness (QED) is 0.766. The van der Waals surface area contributed by atoms with Gasteiger partial charge in [-0.15, -0.1) is 5.10 Å². The molecule has 2 rings (SSSR count). The van der Waals surface area contributed by atoms with Crippen LogP contribution in [0.1, 0.15) is 48.9 Å². The average Bonchev–Trinajstić information content (AvgIpc) is 2.99. The number of alkyl halides is 1. The summed E-state index contributed by atoms with van der Waals surface area (Å²) in [4.78, 5) is 4.53. The van der Waals surface area contributed by atoms with Gasteiger partial charge in [-0.25, -0.2) is 4.68 Å². The second kappa shape index (κ2) is 6.08. The molecule has 0 aliphatic heterocycles. The number of aryl methyl sites for hydroxylation is 1. The predicted octanol–water partition coefficient (Wildman–Crippen LogP) is 2.51. The molecule has 6 nitrogen and oxygen atoms in total. The van der Waals surface area contributed by atoms with Crippen LogP contribution < -0.4 is 0 Å². The molecule has 0 aliphatic rings. The molecule has 1 atom stereocenters. The summed E-state index contributed by atoms with van der Waals surface area (Å²) in [5, 5.41) is 12.1.